The Morgan fingerprint density at radius 3 is 2.58 bits per heavy atom. The molecule has 2 saturated heterocycles. The molecule has 0 radical (unpaired) electrons. The maximum absolute atomic E-state index is 13.2. The number of aromatic nitrogens is 1. The lowest BCUT2D eigenvalue weighted by molar-refractivity contribution is -0.122. The van der Waals surface area contributed by atoms with Gasteiger partial charge in [0.1, 0.15) is 21.8 Å². The number of pyridine rings is 1. The Bertz CT molecular complexity index is 1020. The molecule has 0 N–H and O–H groups in total. The maximum atomic E-state index is 13.2. The van der Waals surface area contributed by atoms with Gasteiger partial charge in [-0.2, -0.15) is 5.26 Å². The number of piperidine rings is 1. The molecule has 6 nitrogen and oxygen atoms in total. The standard InChI is InChI=1S/C23H30N4O2S2/c1-5-9-26-20(25-11-7-8-15(3)14-25)17(16(4)18(13-24)21(26)28)12-19-22(29)27(10-6-2)23(30)31-19/h12,15H,5-11,14H2,1-4H3/b19-12+. The van der Waals surface area contributed by atoms with E-state index in [0.29, 0.717) is 33.8 Å². The van der Waals surface area contributed by atoms with Gasteiger partial charge in [-0.15, -0.1) is 0 Å². The van der Waals surface area contributed by atoms with Crippen LogP contribution >= 0.6 is 24.0 Å². The summed E-state index contributed by atoms with van der Waals surface area (Å²) >= 11 is 6.73. The van der Waals surface area contributed by atoms with E-state index >= 15 is 0 Å². The van der Waals surface area contributed by atoms with Crippen LogP contribution in [-0.4, -0.2) is 39.3 Å². The zero-order chi connectivity index (χ0) is 22.7. The van der Waals surface area contributed by atoms with Gasteiger partial charge in [0.2, 0.25) is 0 Å². The average molecular weight is 459 g/mol. The van der Waals surface area contributed by atoms with Crippen molar-refractivity contribution in [3.8, 4) is 6.07 Å². The smallest absolute Gasteiger partial charge is 0.270 e. The summed E-state index contributed by atoms with van der Waals surface area (Å²) in [7, 11) is 0. The van der Waals surface area contributed by atoms with Crippen LogP contribution in [0.1, 0.15) is 63.1 Å². The van der Waals surface area contributed by atoms with Crippen molar-refractivity contribution in [1.82, 2.24) is 9.47 Å². The first-order valence-corrected chi connectivity index (χ1v) is 12.2. The maximum Gasteiger partial charge on any atom is 0.270 e. The summed E-state index contributed by atoms with van der Waals surface area (Å²) in [4.78, 5) is 30.6. The third kappa shape index (κ3) is 4.58. The first-order chi connectivity index (χ1) is 14.8. The SMILES string of the molecule is CCCN1C(=O)/C(=C\c2c(C)c(C#N)c(=O)n(CCC)c2N2CCCC(C)C2)SC1=S. The van der Waals surface area contributed by atoms with Gasteiger partial charge in [0.15, 0.2) is 0 Å². The number of hydrogen-bond acceptors (Lipinski definition) is 6. The number of nitriles is 1. The first kappa shape index (κ1) is 23.6. The van der Waals surface area contributed by atoms with Crippen LogP contribution in [0.15, 0.2) is 9.70 Å². The Morgan fingerprint density at radius 2 is 1.97 bits per heavy atom. The number of hydrogen-bond donors (Lipinski definition) is 0. The summed E-state index contributed by atoms with van der Waals surface area (Å²) in [6.45, 7) is 10.9. The molecule has 1 unspecified atom stereocenters. The molecular weight excluding hydrogens is 428 g/mol. The quantitative estimate of drug-likeness (QED) is 0.468. The fourth-order valence-corrected chi connectivity index (χ4v) is 5.64. The van der Waals surface area contributed by atoms with Crippen molar-refractivity contribution in [1.29, 1.82) is 5.26 Å². The third-order valence-electron chi connectivity index (χ3n) is 5.85. The Morgan fingerprint density at radius 1 is 1.26 bits per heavy atom. The van der Waals surface area contributed by atoms with Crippen LogP contribution in [0.5, 0.6) is 0 Å². The minimum atomic E-state index is -0.245. The molecule has 1 amide bonds. The summed E-state index contributed by atoms with van der Waals surface area (Å²) < 4.78 is 2.30. The molecule has 2 aliphatic rings. The summed E-state index contributed by atoms with van der Waals surface area (Å²) in [6, 6.07) is 2.11. The van der Waals surface area contributed by atoms with Crippen LogP contribution < -0.4 is 10.5 Å². The normalized spacial score (nSPS) is 20.6. The van der Waals surface area contributed by atoms with Crippen molar-refractivity contribution in [2.45, 2.75) is 59.9 Å². The molecule has 0 bridgehead atoms. The topological polar surface area (TPSA) is 69.3 Å². The number of thioether (sulfide) groups is 1. The molecule has 1 atom stereocenters. The minimum Gasteiger partial charge on any atom is -0.357 e. The van der Waals surface area contributed by atoms with Crippen molar-refractivity contribution < 1.29 is 4.79 Å². The molecule has 0 spiro atoms. The Hall–Kier alpha value is -2.11. The number of carbonyl (C=O) groups is 1. The number of thiocarbonyl (C=S) groups is 1. The largest absolute Gasteiger partial charge is 0.357 e. The van der Waals surface area contributed by atoms with Crippen molar-refractivity contribution in [3.05, 3.63) is 31.9 Å². The number of carbonyl (C=O) groups excluding carboxylic acids is 1. The molecule has 1 aromatic heterocycles. The Balaban J connectivity index is 2.24. The number of amides is 1. The van der Waals surface area contributed by atoms with Crippen molar-refractivity contribution in [2.75, 3.05) is 24.5 Å². The minimum absolute atomic E-state index is 0.0963. The van der Waals surface area contributed by atoms with Gasteiger partial charge in [0.05, 0.1) is 4.91 Å². The van der Waals surface area contributed by atoms with E-state index < -0.39 is 0 Å². The molecule has 31 heavy (non-hydrogen) atoms. The summed E-state index contributed by atoms with van der Waals surface area (Å²) in [5, 5.41) is 9.73. The van der Waals surface area contributed by atoms with Crippen LogP contribution in [-0.2, 0) is 11.3 Å². The summed E-state index contributed by atoms with van der Waals surface area (Å²) in [5.41, 5.74) is 1.33. The van der Waals surface area contributed by atoms with Gasteiger partial charge >= 0.3 is 0 Å². The van der Waals surface area contributed by atoms with E-state index in [9.17, 15) is 14.9 Å². The molecule has 3 rings (SSSR count). The van der Waals surface area contributed by atoms with Crippen LogP contribution in [0.2, 0.25) is 0 Å². The molecule has 2 fully saturated rings. The predicted octanol–water partition coefficient (Wildman–Crippen LogP) is 4.29. The van der Waals surface area contributed by atoms with E-state index in [1.54, 1.807) is 9.47 Å². The first-order valence-electron chi connectivity index (χ1n) is 11.0. The molecule has 8 heteroatoms. The molecular formula is C23H30N4O2S2. The molecule has 3 heterocycles. The zero-order valence-electron chi connectivity index (χ0n) is 18.7. The second-order valence-electron chi connectivity index (χ2n) is 8.33. The van der Waals surface area contributed by atoms with E-state index in [1.165, 1.54) is 11.8 Å². The molecule has 0 saturated carbocycles. The Kier molecular flexibility index (Phi) is 7.60. The average Bonchev–Trinajstić information content (AvgIpc) is 3.00. The zero-order valence-corrected chi connectivity index (χ0v) is 20.4. The molecule has 2 aliphatic heterocycles. The molecule has 0 aliphatic carbocycles. The van der Waals surface area contributed by atoms with E-state index in [4.69, 9.17) is 12.2 Å². The monoisotopic (exact) mass is 458 g/mol. The van der Waals surface area contributed by atoms with Gasteiger partial charge in [0.25, 0.3) is 11.5 Å². The van der Waals surface area contributed by atoms with Crippen LogP contribution in [0, 0.1) is 24.2 Å². The van der Waals surface area contributed by atoms with Gasteiger partial charge in [-0.1, -0.05) is 44.8 Å². The van der Waals surface area contributed by atoms with Crippen molar-refractivity contribution in [2.24, 2.45) is 5.92 Å². The highest BCUT2D eigenvalue weighted by Crippen LogP contribution is 2.36. The van der Waals surface area contributed by atoms with Crippen molar-refractivity contribution >= 4 is 46.1 Å². The van der Waals surface area contributed by atoms with Crippen LogP contribution in [0.4, 0.5) is 5.82 Å². The highest BCUT2D eigenvalue weighted by Gasteiger charge is 2.33. The molecule has 0 aromatic carbocycles. The fourth-order valence-electron chi connectivity index (χ4n) is 4.35. The van der Waals surface area contributed by atoms with Gasteiger partial charge in [0, 0.05) is 31.7 Å². The summed E-state index contributed by atoms with van der Waals surface area (Å²) in [5.74, 6) is 1.25. The van der Waals surface area contributed by atoms with E-state index in [1.807, 2.05) is 26.8 Å². The number of anilines is 1. The van der Waals surface area contributed by atoms with E-state index in [0.717, 1.165) is 50.2 Å². The van der Waals surface area contributed by atoms with Gasteiger partial charge in [-0.05, 0) is 50.2 Å². The second-order valence-corrected chi connectivity index (χ2v) is 10.0. The lowest BCUT2D eigenvalue weighted by atomic mass is 9.98. The van der Waals surface area contributed by atoms with Gasteiger partial charge in [-0.3, -0.25) is 19.1 Å². The molecule has 166 valence electrons. The third-order valence-corrected chi connectivity index (χ3v) is 7.22. The van der Waals surface area contributed by atoms with Crippen molar-refractivity contribution in [3.63, 3.8) is 0 Å². The van der Waals surface area contributed by atoms with Gasteiger partial charge in [-0.25, -0.2) is 0 Å². The lowest BCUT2D eigenvalue weighted by Crippen LogP contribution is -2.40. The predicted molar refractivity (Wildman–Crippen MR) is 131 cm³/mol. The lowest BCUT2D eigenvalue weighted by Gasteiger charge is -2.36. The van der Waals surface area contributed by atoms with E-state index in [-0.39, 0.29) is 17.0 Å². The highest BCUT2D eigenvalue weighted by atomic mass is 32.2. The second kappa shape index (κ2) is 10.0. The van der Waals surface area contributed by atoms with E-state index in [2.05, 4.69) is 17.9 Å². The van der Waals surface area contributed by atoms with Gasteiger partial charge < -0.3 is 4.90 Å². The Labute approximate surface area is 193 Å². The number of rotatable bonds is 6. The van der Waals surface area contributed by atoms with Crippen LogP contribution in [0.3, 0.4) is 0 Å². The fraction of sp³-hybridized carbons (Fsp3) is 0.565. The summed E-state index contributed by atoms with van der Waals surface area (Å²) in [6.07, 6.45) is 5.68. The van der Waals surface area contributed by atoms with Crippen LogP contribution in [0.25, 0.3) is 6.08 Å². The molecule has 1 aromatic rings. The highest BCUT2D eigenvalue weighted by molar-refractivity contribution is 8.26. The number of nitrogens with zero attached hydrogens (tertiary/aromatic N) is 4.